The van der Waals surface area contributed by atoms with Gasteiger partial charge in [0.05, 0.1) is 17.4 Å². The fourth-order valence-corrected chi connectivity index (χ4v) is 2.88. The summed E-state index contributed by atoms with van der Waals surface area (Å²) in [7, 11) is 0. The maximum Gasteiger partial charge on any atom is 0.254 e. The minimum absolute atomic E-state index is 0.0163. The average molecular weight is 374 g/mol. The number of halogens is 2. The number of pyridine rings is 1. The Kier molecular flexibility index (Phi) is 5.95. The van der Waals surface area contributed by atoms with Crippen molar-refractivity contribution in [3.63, 3.8) is 0 Å². The molecule has 27 heavy (non-hydrogen) atoms. The van der Waals surface area contributed by atoms with Gasteiger partial charge in [-0.3, -0.25) is 9.59 Å². The molecule has 2 aromatic rings. The third-order valence-corrected chi connectivity index (χ3v) is 4.28. The van der Waals surface area contributed by atoms with Gasteiger partial charge in [0.25, 0.3) is 5.91 Å². The molecule has 142 valence electrons. The number of carbonyl (C=O) groups excluding carboxylic acids is 2. The lowest BCUT2D eigenvalue weighted by atomic mass is 10.2. The highest BCUT2D eigenvalue weighted by Crippen LogP contribution is 2.19. The van der Waals surface area contributed by atoms with Gasteiger partial charge in [-0.2, -0.15) is 0 Å². The van der Waals surface area contributed by atoms with Crippen LogP contribution in [0.1, 0.15) is 29.6 Å². The van der Waals surface area contributed by atoms with Gasteiger partial charge < -0.3 is 15.5 Å². The second kappa shape index (κ2) is 8.57. The van der Waals surface area contributed by atoms with Crippen molar-refractivity contribution in [3.05, 3.63) is 53.7 Å². The second-order valence-electron chi connectivity index (χ2n) is 6.28. The molecule has 1 aliphatic heterocycles. The fraction of sp³-hybridized carbons (Fsp3) is 0.316. The first-order chi connectivity index (χ1) is 13.0. The summed E-state index contributed by atoms with van der Waals surface area (Å²) >= 11 is 0. The second-order valence-corrected chi connectivity index (χ2v) is 6.28. The van der Waals surface area contributed by atoms with E-state index in [4.69, 9.17) is 0 Å². The zero-order chi connectivity index (χ0) is 19.2. The molecule has 0 atom stereocenters. The van der Waals surface area contributed by atoms with E-state index in [1.54, 1.807) is 12.3 Å². The van der Waals surface area contributed by atoms with Crippen LogP contribution in [-0.4, -0.2) is 36.4 Å². The molecule has 1 aromatic heterocycles. The highest BCUT2D eigenvalue weighted by atomic mass is 19.1. The molecule has 1 aromatic carbocycles. The van der Waals surface area contributed by atoms with Crippen molar-refractivity contribution in [3.8, 4) is 0 Å². The number of anilines is 2. The van der Waals surface area contributed by atoms with Gasteiger partial charge in [0.15, 0.2) is 0 Å². The van der Waals surface area contributed by atoms with E-state index in [2.05, 4.69) is 20.5 Å². The van der Waals surface area contributed by atoms with Crippen molar-refractivity contribution in [1.29, 1.82) is 0 Å². The Morgan fingerprint density at radius 1 is 1.11 bits per heavy atom. The Bertz CT molecular complexity index is 821. The maximum atomic E-state index is 13.5. The van der Waals surface area contributed by atoms with Crippen LogP contribution in [0.3, 0.4) is 0 Å². The molecule has 8 heteroatoms. The van der Waals surface area contributed by atoms with Crippen molar-refractivity contribution >= 4 is 23.3 Å². The topological polar surface area (TPSA) is 74.3 Å². The van der Waals surface area contributed by atoms with E-state index in [1.165, 1.54) is 0 Å². The van der Waals surface area contributed by atoms with Crippen LogP contribution < -0.4 is 15.5 Å². The summed E-state index contributed by atoms with van der Waals surface area (Å²) in [5.41, 5.74) is 0.303. The number of amides is 2. The largest absolute Gasteiger partial charge is 0.357 e. The summed E-state index contributed by atoms with van der Waals surface area (Å²) in [4.78, 5) is 30.4. The van der Waals surface area contributed by atoms with Crippen LogP contribution in [0, 0.1) is 11.6 Å². The fourth-order valence-electron chi connectivity index (χ4n) is 2.88. The van der Waals surface area contributed by atoms with E-state index in [9.17, 15) is 18.4 Å². The number of hydrogen-bond donors (Lipinski definition) is 2. The molecule has 1 saturated heterocycles. The van der Waals surface area contributed by atoms with Crippen LogP contribution in [0.2, 0.25) is 0 Å². The zero-order valence-corrected chi connectivity index (χ0v) is 14.7. The quantitative estimate of drug-likeness (QED) is 0.815. The lowest BCUT2D eigenvalue weighted by Crippen LogP contribution is -2.28. The van der Waals surface area contributed by atoms with Crippen molar-refractivity contribution in [2.24, 2.45) is 0 Å². The third kappa shape index (κ3) is 4.99. The van der Waals surface area contributed by atoms with Gasteiger partial charge in [-0.15, -0.1) is 0 Å². The van der Waals surface area contributed by atoms with Crippen LogP contribution in [0.15, 0.2) is 36.5 Å². The Morgan fingerprint density at radius 3 is 2.56 bits per heavy atom. The number of hydrogen-bond acceptors (Lipinski definition) is 4. The van der Waals surface area contributed by atoms with Crippen LogP contribution in [0.25, 0.3) is 0 Å². The highest BCUT2D eigenvalue weighted by molar-refractivity contribution is 5.95. The van der Waals surface area contributed by atoms with Gasteiger partial charge in [0.2, 0.25) is 5.91 Å². The Labute approximate surface area is 155 Å². The molecule has 1 aliphatic rings. The van der Waals surface area contributed by atoms with Crippen molar-refractivity contribution in [1.82, 2.24) is 10.3 Å². The van der Waals surface area contributed by atoms with E-state index in [1.807, 2.05) is 6.07 Å². The number of rotatable bonds is 6. The molecule has 1 fully saturated rings. The number of aromatic nitrogens is 1. The van der Waals surface area contributed by atoms with Crippen LogP contribution in [0.4, 0.5) is 20.3 Å². The lowest BCUT2D eigenvalue weighted by Gasteiger charge is -2.16. The van der Waals surface area contributed by atoms with E-state index in [0.717, 1.165) is 43.9 Å². The first kappa shape index (κ1) is 18.8. The Balaban J connectivity index is 1.44. The molecule has 0 unspecified atom stereocenters. The molecule has 0 saturated carbocycles. The minimum atomic E-state index is -0.943. The van der Waals surface area contributed by atoms with Gasteiger partial charge in [-0.25, -0.2) is 13.8 Å². The Morgan fingerprint density at radius 2 is 1.89 bits per heavy atom. The lowest BCUT2D eigenvalue weighted by molar-refractivity contribution is -0.116. The first-order valence-corrected chi connectivity index (χ1v) is 8.77. The maximum absolute atomic E-state index is 13.5. The number of carbonyl (C=O) groups is 2. The highest BCUT2D eigenvalue weighted by Gasteiger charge is 2.14. The summed E-state index contributed by atoms with van der Waals surface area (Å²) in [5, 5.41) is 5.13. The van der Waals surface area contributed by atoms with E-state index >= 15 is 0 Å². The van der Waals surface area contributed by atoms with Gasteiger partial charge in [-0.05, 0) is 37.1 Å². The predicted octanol–water partition coefficient (Wildman–Crippen LogP) is 2.72. The van der Waals surface area contributed by atoms with Gasteiger partial charge >= 0.3 is 0 Å². The average Bonchev–Trinajstić information content (AvgIpc) is 3.17. The number of nitrogens with one attached hydrogen (secondary N) is 2. The van der Waals surface area contributed by atoms with Crippen LogP contribution >= 0.6 is 0 Å². The van der Waals surface area contributed by atoms with Gasteiger partial charge in [0.1, 0.15) is 17.5 Å². The van der Waals surface area contributed by atoms with E-state index in [-0.39, 0.29) is 24.4 Å². The monoisotopic (exact) mass is 374 g/mol. The smallest absolute Gasteiger partial charge is 0.254 e. The normalized spacial score (nSPS) is 13.5. The van der Waals surface area contributed by atoms with Crippen molar-refractivity contribution < 1.29 is 18.4 Å². The summed E-state index contributed by atoms with van der Waals surface area (Å²) in [6, 6.07) is 6.35. The summed E-state index contributed by atoms with van der Waals surface area (Å²) in [6.07, 6.45) is 3.93. The first-order valence-electron chi connectivity index (χ1n) is 8.77. The molecule has 0 aliphatic carbocycles. The summed E-state index contributed by atoms with van der Waals surface area (Å²) in [6.45, 7) is 2.01. The molecule has 2 N–H and O–H groups in total. The molecule has 0 radical (unpaired) electrons. The molecule has 0 bridgehead atoms. The molecule has 6 nitrogen and oxygen atoms in total. The number of benzene rings is 1. The molecule has 3 rings (SSSR count). The summed E-state index contributed by atoms with van der Waals surface area (Å²) in [5.74, 6) is -1.81. The standard InChI is InChI=1S/C19H20F2N4O2/c20-13-3-5-15(16(21)11-13)19(27)22-8-7-18(26)24-14-4-6-17(23-12-14)25-9-1-2-10-25/h3-6,11-12H,1-2,7-10H2,(H,22,27)(H,24,26). The number of nitrogens with zero attached hydrogens (tertiary/aromatic N) is 2. The van der Waals surface area contributed by atoms with Crippen LogP contribution in [-0.2, 0) is 4.79 Å². The van der Waals surface area contributed by atoms with Crippen molar-refractivity contribution in [2.45, 2.75) is 19.3 Å². The minimum Gasteiger partial charge on any atom is -0.357 e. The molecule has 2 heterocycles. The summed E-state index contributed by atoms with van der Waals surface area (Å²) < 4.78 is 26.4. The van der Waals surface area contributed by atoms with Crippen molar-refractivity contribution in [2.75, 3.05) is 29.9 Å². The van der Waals surface area contributed by atoms with Gasteiger partial charge in [-0.1, -0.05) is 0 Å². The molecular formula is C19H20F2N4O2. The zero-order valence-electron chi connectivity index (χ0n) is 14.7. The van der Waals surface area contributed by atoms with E-state index in [0.29, 0.717) is 11.8 Å². The molecule has 2 amide bonds. The molecular weight excluding hydrogens is 354 g/mol. The molecule has 0 spiro atoms. The SMILES string of the molecule is O=C(CCNC(=O)c1ccc(F)cc1F)Nc1ccc(N2CCCC2)nc1. The van der Waals surface area contributed by atoms with Gasteiger partial charge in [0, 0.05) is 32.1 Å². The van der Waals surface area contributed by atoms with E-state index < -0.39 is 17.5 Å². The Hall–Kier alpha value is -3.03. The van der Waals surface area contributed by atoms with Crippen LogP contribution in [0.5, 0.6) is 0 Å². The predicted molar refractivity (Wildman–Crippen MR) is 97.6 cm³/mol. The third-order valence-electron chi connectivity index (χ3n) is 4.28.